The third-order valence-corrected chi connectivity index (χ3v) is 3.83. The minimum Gasteiger partial charge on any atom is -0.286 e. The summed E-state index contributed by atoms with van der Waals surface area (Å²) in [6, 6.07) is 0. The Kier molecular flexibility index (Phi) is 2.41. The van der Waals surface area contributed by atoms with Crippen molar-refractivity contribution in [2.75, 3.05) is 13.1 Å². The summed E-state index contributed by atoms with van der Waals surface area (Å²) in [7, 11) is 0.261. The molecule has 0 spiro atoms. The Labute approximate surface area is 70.1 Å². The summed E-state index contributed by atoms with van der Waals surface area (Å²) >= 11 is 0. The molecule has 2 heterocycles. The SMILES string of the molecule is C1=C/S(=C2/CCCCN2)NC1. The van der Waals surface area contributed by atoms with Gasteiger partial charge in [0.05, 0.1) is 0 Å². The Morgan fingerprint density at radius 3 is 3.00 bits per heavy atom. The van der Waals surface area contributed by atoms with Gasteiger partial charge in [0.15, 0.2) is 0 Å². The van der Waals surface area contributed by atoms with Crippen molar-refractivity contribution in [1.29, 1.82) is 0 Å². The molecule has 1 atom stereocenters. The molecule has 2 N–H and O–H groups in total. The minimum atomic E-state index is 0.261. The lowest BCUT2D eigenvalue weighted by atomic mass is 10.2. The maximum atomic E-state index is 3.48. The predicted molar refractivity (Wildman–Crippen MR) is 51.6 cm³/mol. The fourth-order valence-electron chi connectivity index (χ4n) is 1.41. The van der Waals surface area contributed by atoms with Gasteiger partial charge in [-0.3, -0.25) is 10.0 Å². The molecule has 2 nitrogen and oxygen atoms in total. The number of hydrogen-bond donors (Lipinski definition) is 2. The van der Waals surface area contributed by atoms with Crippen molar-refractivity contribution < 1.29 is 0 Å². The number of piperidine rings is 1. The van der Waals surface area contributed by atoms with Gasteiger partial charge in [0, 0.05) is 18.1 Å². The molecule has 2 aliphatic rings. The van der Waals surface area contributed by atoms with E-state index in [0.29, 0.717) is 0 Å². The van der Waals surface area contributed by atoms with Gasteiger partial charge in [0.2, 0.25) is 0 Å². The van der Waals surface area contributed by atoms with Crippen LogP contribution in [0.4, 0.5) is 0 Å². The molecule has 0 aliphatic carbocycles. The van der Waals surface area contributed by atoms with Gasteiger partial charge in [-0.25, -0.2) is 0 Å². The van der Waals surface area contributed by atoms with Gasteiger partial charge in [-0.2, -0.15) is 0 Å². The van der Waals surface area contributed by atoms with E-state index in [1.54, 1.807) is 0 Å². The van der Waals surface area contributed by atoms with Crippen LogP contribution in [0.5, 0.6) is 0 Å². The number of rotatable bonds is 0. The first kappa shape index (κ1) is 7.53. The van der Waals surface area contributed by atoms with Crippen molar-refractivity contribution >= 4 is 15.7 Å². The molecule has 0 bridgehead atoms. The highest BCUT2D eigenvalue weighted by Gasteiger charge is 2.09. The van der Waals surface area contributed by atoms with E-state index in [-0.39, 0.29) is 10.7 Å². The largest absolute Gasteiger partial charge is 0.286 e. The van der Waals surface area contributed by atoms with E-state index < -0.39 is 0 Å². The third-order valence-electron chi connectivity index (χ3n) is 2.01. The van der Waals surface area contributed by atoms with Crippen LogP contribution in [0.1, 0.15) is 19.3 Å². The summed E-state index contributed by atoms with van der Waals surface area (Å²) in [4.78, 5) is 1.52. The van der Waals surface area contributed by atoms with Crippen molar-refractivity contribution in [3.63, 3.8) is 0 Å². The Balaban J connectivity index is 2.10. The molecule has 0 aromatic heterocycles. The lowest BCUT2D eigenvalue weighted by Crippen LogP contribution is -2.30. The van der Waals surface area contributed by atoms with Gasteiger partial charge < -0.3 is 0 Å². The van der Waals surface area contributed by atoms with Crippen LogP contribution >= 0.6 is 10.7 Å². The normalized spacial score (nSPS) is 34.5. The van der Waals surface area contributed by atoms with E-state index in [1.165, 1.54) is 30.8 Å². The quantitative estimate of drug-likeness (QED) is 0.534. The van der Waals surface area contributed by atoms with Gasteiger partial charge in [0.1, 0.15) is 0 Å². The molecule has 0 saturated carbocycles. The second-order valence-corrected chi connectivity index (χ2v) is 4.59. The van der Waals surface area contributed by atoms with Crippen LogP contribution in [-0.2, 0) is 0 Å². The topological polar surface area (TPSA) is 24.1 Å². The maximum absolute atomic E-state index is 3.48. The third kappa shape index (κ3) is 1.72. The highest BCUT2D eigenvalue weighted by molar-refractivity contribution is 8.17. The van der Waals surface area contributed by atoms with Crippen LogP contribution in [0.25, 0.3) is 0 Å². The van der Waals surface area contributed by atoms with Gasteiger partial charge in [-0.1, -0.05) is 16.7 Å². The van der Waals surface area contributed by atoms with E-state index in [4.69, 9.17) is 0 Å². The monoisotopic (exact) mass is 170 g/mol. The Hall–Kier alpha value is -0.120. The molecule has 2 aliphatic heterocycles. The van der Waals surface area contributed by atoms with Crippen LogP contribution in [0.3, 0.4) is 0 Å². The van der Waals surface area contributed by atoms with E-state index in [2.05, 4.69) is 21.5 Å². The Bertz CT molecular complexity index is 200. The van der Waals surface area contributed by atoms with Gasteiger partial charge in [0.25, 0.3) is 0 Å². The van der Waals surface area contributed by atoms with Crippen molar-refractivity contribution in [2.24, 2.45) is 0 Å². The molecule has 11 heavy (non-hydrogen) atoms. The fourth-order valence-corrected chi connectivity index (χ4v) is 3.04. The molecule has 1 saturated heterocycles. The van der Waals surface area contributed by atoms with Gasteiger partial charge in [-0.15, -0.1) is 0 Å². The summed E-state index contributed by atoms with van der Waals surface area (Å²) in [5, 5.41) is 5.76. The van der Waals surface area contributed by atoms with Crippen LogP contribution in [0.2, 0.25) is 0 Å². The lowest BCUT2D eigenvalue weighted by Gasteiger charge is -2.17. The molecule has 62 valence electrons. The van der Waals surface area contributed by atoms with Crippen molar-refractivity contribution in [3.05, 3.63) is 11.5 Å². The smallest absolute Gasteiger partial charge is 0.0335 e. The lowest BCUT2D eigenvalue weighted by molar-refractivity contribution is 0.679. The van der Waals surface area contributed by atoms with E-state index in [1.807, 2.05) is 0 Å². The molecular weight excluding hydrogens is 156 g/mol. The van der Waals surface area contributed by atoms with Gasteiger partial charge in [-0.05, 0) is 24.7 Å². The average molecular weight is 170 g/mol. The zero-order chi connectivity index (χ0) is 7.52. The first-order valence-corrected chi connectivity index (χ1v) is 5.48. The average Bonchev–Trinajstić information content (AvgIpc) is 2.58. The number of nitrogens with one attached hydrogen (secondary N) is 2. The molecule has 1 unspecified atom stereocenters. The van der Waals surface area contributed by atoms with Crippen molar-refractivity contribution in [2.45, 2.75) is 19.3 Å². The Morgan fingerprint density at radius 1 is 1.36 bits per heavy atom. The number of hydrogen-bond acceptors (Lipinski definition) is 1. The van der Waals surface area contributed by atoms with Gasteiger partial charge >= 0.3 is 0 Å². The molecule has 0 aromatic rings. The summed E-state index contributed by atoms with van der Waals surface area (Å²) in [6.07, 6.45) is 6.18. The predicted octanol–water partition coefficient (Wildman–Crippen LogP) is 1.19. The van der Waals surface area contributed by atoms with Crippen molar-refractivity contribution in [3.8, 4) is 0 Å². The summed E-state index contributed by atoms with van der Waals surface area (Å²) in [5.74, 6) is 0. The van der Waals surface area contributed by atoms with E-state index >= 15 is 0 Å². The Morgan fingerprint density at radius 2 is 2.36 bits per heavy atom. The summed E-state index contributed by atoms with van der Waals surface area (Å²) in [5.41, 5.74) is 0. The minimum absolute atomic E-state index is 0.261. The molecule has 1 fully saturated rings. The molecule has 2 rings (SSSR count). The van der Waals surface area contributed by atoms with E-state index in [9.17, 15) is 0 Å². The second-order valence-electron chi connectivity index (χ2n) is 2.87. The van der Waals surface area contributed by atoms with E-state index in [0.717, 1.165) is 6.54 Å². The molecule has 3 heteroatoms. The highest BCUT2D eigenvalue weighted by Crippen LogP contribution is 2.19. The van der Waals surface area contributed by atoms with Crippen molar-refractivity contribution in [1.82, 2.24) is 10.0 Å². The van der Waals surface area contributed by atoms with Crippen LogP contribution in [0.15, 0.2) is 11.5 Å². The molecule has 0 amide bonds. The van der Waals surface area contributed by atoms with Crippen LogP contribution < -0.4 is 10.0 Å². The van der Waals surface area contributed by atoms with Crippen LogP contribution in [0, 0.1) is 0 Å². The van der Waals surface area contributed by atoms with Crippen LogP contribution in [-0.4, -0.2) is 18.1 Å². The molecule has 0 radical (unpaired) electrons. The zero-order valence-corrected chi connectivity index (χ0v) is 7.41. The summed E-state index contributed by atoms with van der Waals surface area (Å²) < 4.78 is 3.44. The second kappa shape index (κ2) is 3.52. The fraction of sp³-hybridized carbons (Fsp3) is 0.625. The maximum Gasteiger partial charge on any atom is 0.0335 e. The highest BCUT2D eigenvalue weighted by atomic mass is 32.2. The molecular formula is C8H14N2S. The first-order valence-electron chi connectivity index (χ1n) is 4.20. The molecule has 0 aromatic carbocycles. The standard InChI is InChI=1S/C8H14N2S/c1-2-5-9-8(4-1)11-7-3-6-10-11/h3,7,9-10H,1-2,4-6H2. The first-order chi connectivity index (χ1) is 5.47. The zero-order valence-electron chi connectivity index (χ0n) is 6.60. The summed E-state index contributed by atoms with van der Waals surface area (Å²) in [6.45, 7) is 2.22.